The monoisotopic (exact) mass is 374 g/mol. The van der Waals surface area contributed by atoms with Crippen molar-refractivity contribution in [3.8, 4) is 6.07 Å². The minimum atomic E-state index is -0.334. The van der Waals surface area contributed by atoms with Crippen molar-refractivity contribution in [3.63, 3.8) is 0 Å². The molecule has 0 radical (unpaired) electrons. The maximum Gasteiger partial charge on any atom is 0.238 e. The zero-order valence-corrected chi connectivity index (χ0v) is 15.6. The van der Waals surface area contributed by atoms with Gasteiger partial charge in [0.05, 0.1) is 10.8 Å². The van der Waals surface area contributed by atoms with Gasteiger partial charge >= 0.3 is 0 Å². The summed E-state index contributed by atoms with van der Waals surface area (Å²) in [6.45, 7) is 1.81. The predicted molar refractivity (Wildman–Crippen MR) is 101 cm³/mol. The summed E-state index contributed by atoms with van der Waals surface area (Å²) < 4.78 is 13.0. The topological polar surface area (TPSA) is 52.9 Å². The van der Waals surface area contributed by atoms with E-state index in [2.05, 4.69) is 11.4 Å². The number of nitriles is 1. The number of anilines is 1. The number of fused-ring (bicyclic) bond motifs is 1. The molecule has 3 nitrogen and oxygen atoms in total. The van der Waals surface area contributed by atoms with Crippen molar-refractivity contribution in [3.05, 3.63) is 46.1 Å². The van der Waals surface area contributed by atoms with Gasteiger partial charge in [0.15, 0.2) is 0 Å². The Bertz CT molecular complexity index is 808. The van der Waals surface area contributed by atoms with Crippen LogP contribution in [0.15, 0.2) is 29.2 Å². The highest BCUT2D eigenvalue weighted by molar-refractivity contribution is 8.00. The summed E-state index contributed by atoms with van der Waals surface area (Å²) >= 11 is 2.91. The van der Waals surface area contributed by atoms with E-state index in [0.29, 0.717) is 10.6 Å². The van der Waals surface area contributed by atoms with Crippen molar-refractivity contribution in [2.45, 2.75) is 49.2 Å². The number of thiophene rings is 1. The fourth-order valence-corrected chi connectivity index (χ4v) is 5.04. The molecule has 130 valence electrons. The van der Waals surface area contributed by atoms with Crippen LogP contribution in [0.25, 0.3) is 0 Å². The lowest BCUT2D eigenvalue weighted by Crippen LogP contribution is -2.22. The number of carbonyl (C=O) groups is 1. The third-order valence-corrected chi connectivity index (χ3v) is 6.58. The van der Waals surface area contributed by atoms with Crippen LogP contribution >= 0.6 is 23.1 Å². The molecule has 25 heavy (non-hydrogen) atoms. The van der Waals surface area contributed by atoms with Crippen LogP contribution in [-0.4, -0.2) is 11.2 Å². The summed E-state index contributed by atoms with van der Waals surface area (Å²) in [4.78, 5) is 14.6. The molecule has 1 unspecified atom stereocenters. The first-order valence-electron chi connectivity index (χ1n) is 8.36. The molecule has 1 heterocycles. The van der Waals surface area contributed by atoms with Gasteiger partial charge in [0, 0.05) is 9.77 Å². The number of nitrogens with one attached hydrogen (secondary N) is 1. The Morgan fingerprint density at radius 1 is 1.28 bits per heavy atom. The van der Waals surface area contributed by atoms with Gasteiger partial charge in [-0.3, -0.25) is 4.79 Å². The highest BCUT2D eigenvalue weighted by Crippen LogP contribution is 2.37. The van der Waals surface area contributed by atoms with Gasteiger partial charge in [0.25, 0.3) is 0 Å². The number of benzene rings is 1. The van der Waals surface area contributed by atoms with E-state index in [1.165, 1.54) is 35.2 Å². The van der Waals surface area contributed by atoms with E-state index < -0.39 is 0 Å². The van der Waals surface area contributed by atoms with Crippen molar-refractivity contribution in [1.82, 2.24) is 0 Å². The molecule has 1 atom stereocenters. The summed E-state index contributed by atoms with van der Waals surface area (Å²) in [5.41, 5.74) is 1.76. The second-order valence-corrected chi connectivity index (χ2v) is 8.60. The number of aryl methyl sites for hydroxylation is 1. The molecule has 1 aliphatic carbocycles. The van der Waals surface area contributed by atoms with Crippen molar-refractivity contribution in [2.24, 2.45) is 0 Å². The average molecular weight is 375 g/mol. The van der Waals surface area contributed by atoms with Gasteiger partial charge in [-0.25, -0.2) is 4.39 Å². The summed E-state index contributed by atoms with van der Waals surface area (Å²) in [7, 11) is 0. The molecule has 6 heteroatoms. The molecule has 1 amide bonds. The molecule has 0 saturated heterocycles. The number of carbonyl (C=O) groups excluding carboxylic acids is 1. The van der Waals surface area contributed by atoms with E-state index in [1.54, 1.807) is 23.5 Å². The Hall–Kier alpha value is -1.84. The van der Waals surface area contributed by atoms with Crippen LogP contribution in [0.3, 0.4) is 0 Å². The van der Waals surface area contributed by atoms with Gasteiger partial charge in [-0.1, -0.05) is 6.42 Å². The molecule has 1 aliphatic rings. The number of halogens is 1. The molecule has 1 aromatic carbocycles. The first-order chi connectivity index (χ1) is 12.1. The van der Waals surface area contributed by atoms with Gasteiger partial charge in [-0.05, 0) is 62.4 Å². The third kappa shape index (κ3) is 4.23. The SMILES string of the molecule is CC(Sc1ccc(F)cc1)C(=O)Nc1sc2c(c1C#N)CCCCC2. The van der Waals surface area contributed by atoms with E-state index in [1.807, 2.05) is 6.92 Å². The van der Waals surface area contributed by atoms with Gasteiger partial charge in [0.2, 0.25) is 5.91 Å². The maximum atomic E-state index is 13.0. The summed E-state index contributed by atoms with van der Waals surface area (Å²) in [5.74, 6) is -0.428. The highest BCUT2D eigenvalue weighted by atomic mass is 32.2. The number of hydrogen-bond acceptors (Lipinski definition) is 4. The molecule has 1 N–H and O–H groups in total. The summed E-state index contributed by atoms with van der Waals surface area (Å²) in [5, 5.41) is 12.8. The van der Waals surface area contributed by atoms with Crippen molar-refractivity contribution >= 4 is 34.0 Å². The van der Waals surface area contributed by atoms with Gasteiger partial charge in [-0.15, -0.1) is 23.1 Å². The lowest BCUT2D eigenvalue weighted by atomic mass is 10.1. The molecule has 0 fully saturated rings. The lowest BCUT2D eigenvalue weighted by Gasteiger charge is -2.11. The minimum Gasteiger partial charge on any atom is -0.316 e. The second-order valence-electron chi connectivity index (χ2n) is 6.08. The number of thioether (sulfide) groups is 1. The molecule has 1 aromatic heterocycles. The van der Waals surface area contributed by atoms with Gasteiger partial charge in [0.1, 0.15) is 16.9 Å². The van der Waals surface area contributed by atoms with E-state index in [-0.39, 0.29) is 17.0 Å². The Balaban J connectivity index is 1.72. The number of hydrogen-bond donors (Lipinski definition) is 1. The van der Waals surface area contributed by atoms with Crippen LogP contribution in [0.2, 0.25) is 0 Å². The molecule has 0 aliphatic heterocycles. The Morgan fingerprint density at radius 2 is 2.00 bits per heavy atom. The van der Waals surface area contributed by atoms with E-state index in [9.17, 15) is 14.4 Å². The maximum absolute atomic E-state index is 13.0. The summed E-state index contributed by atoms with van der Waals surface area (Å²) in [6, 6.07) is 8.38. The van der Waals surface area contributed by atoms with Crippen LogP contribution < -0.4 is 5.32 Å². The quantitative estimate of drug-likeness (QED) is 0.595. The van der Waals surface area contributed by atoms with Gasteiger partial charge < -0.3 is 5.32 Å². The van der Waals surface area contributed by atoms with E-state index in [4.69, 9.17) is 0 Å². The largest absolute Gasteiger partial charge is 0.316 e. The van der Waals surface area contributed by atoms with E-state index >= 15 is 0 Å². The van der Waals surface area contributed by atoms with Crippen molar-refractivity contribution < 1.29 is 9.18 Å². The predicted octanol–water partition coefficient (Wildman–Crippen LogP) is 5.15. The van der Waals surface area contributed by atoms with Crippen LogP contribution in [0, 0.1) is 17.1 Å². The molecular weight excluding hydrogens is 355 g/mol. The number of amides is 1. The lowest BCUT2D eigenvalue weighted by molar-refractivity contribution is -0.115. The Kier molecular flexibility index (Phi) is 5.77. The van der Waals surface area contributed by atoms with Crippen LogP contribution in [0.4, 0.5) is 9.39 Å². The number of rotatable bonds is 4. The molecule has 0 bridgehead atoms. The van der Waals surface area contributed by atoms with E-state index in [0.717, 1.165) is 36.1 Å². The Labute approximate surface area is 155 Å². The minimum absolute atomic E-state index is 0.137. The van der Waals surface area contributed by atoms with Crippen LogP contribution in [0.1, 0.15) is 42.2 Å². The first-order valence-corrected chi connectivity index (χ1v) is 10.1. The second kappa shape index (κ2) is 8.03. The van der Waals surface area contributed by atoms with Crippen molar-refractivity contribution in [1.29, 1.82) is 5.26 Å². The normalized spacial score (nSPS) is 14.9. The van der Waals surface area contributed by atoms with Crippen LogP contribution in [-0.2, 0) is 17.6 Å². The zero-order chi connectivity index (χ0) is 17.8. The zero-order valence-electron chi connectivity index (χ0n) is 14.0. The smallest absolute Gasteiger partial charge is 0.238 e. The molecule has 3 rings (SSSR count). The third-order valence-electron chi connectivity index (χ3n) is 4.27. The fourth-order valence-electron chi connectivity index (χ4n) is 2.93. The molecule has 0 spiro atoms. The number of nitrogens with zero attached hydrogens (tertiary/aromatic N) is 1. The molecular formula is C19H19FN2OS2. The standard InChI is InChI=1S/C19H19FN2OS2/c1-12(24-14-9-7-13(20)8-10-14)18(23)22-19-16(11-21)15-5-3-2-4-6-17(15)25-19/h7-10,12H,2-6H2,1H3,(H,22,23). The first kappa shape index (κ1) is 18.0. The summed E-state index contributed by atoms with van der Waals surface area (Å²) in [6.07, 6.45) is 5.35. The average Bonchev–Trinajstić information content (AvgIpc) is 2.76. The molecule has 0 saturated carbocycles. The molecule has 2 aromatic rings. The van der Waals surface area contributed by atoms with Crippen LogP contribution in [0.5, 0.6) is 0 Å². The van der Waals surface area contributed by atoms with Crippen molar-refractivity contribution in [2.75, 3.05) is 5.32 Å². The highest BCUT2D eigenvalue weighted by Gasteiger charge is 2.23. The Morgan fingerprint density at radius 3 is 2.72 bits per heavy atom. The van der Waals surface area contributed by atoms with Gasteiger partial charge in [-0.2, -0.15) is 5.26 Å². The fraction of sp³-hybridized carbons (Fsp3) is 0.368.